The smallest absolute Gasteiger partial charge is 0.207 e. The van der Waals surface area contributed by atoms with Crippen LogP contribution in [0.5, 0.6) is 0 Å². The molecule has 2 unspecified atom stereocenters. The maximum absolute atomic E-state index is 12.7. The minimum absolute atomic E-state index is 0.130. The minimum Gasteiger partial charge on any atom is -0.355 e. The average molecular weight is 418 g/mol. The van der Waals surface area contributed by atoms with Gasteiger partial charge in [-0.1, -0.05) is 19.9 Å². The molecule has 0 aromatic heterocycles. The zero-order valence-electron chi connectivity index (χ0n) is 18.8. The van der Waals surface area contributed by atoms with E-state index < -0.39 is 0 Å². The normalized spacial score (nSPS) is 42.6. The number of hydroxylamine groups is 1. The quantitative estimate of drug-likeness (QED) is 0.321. The Morgan fingerprint density at radius 3 is 2.80 bits per heavy atom. The molecule has 0 aromatic rings. The number of Topliss-reactive ketones (excluding diaryl/α,β-unsaturated/α-hetero) is 1. The summed E-state index contributed by atoms with van der Waals surface area (Å²) in [7, 11) is 1.95. The van der Waals surface area contributed by atoms with Crippen molar-refractivity contribution in [3.05, 3.63) is 11.8 Å². The summed E-state index contributed by atoms with van der Waals surface area (Å²) >= 11 is 0. The molecule has 0 aliphatic heterocycles. The molecule has 3 N–H and O–H groups in total. The van der Waals surface area contributed by atoms with Gasteiger partial charge < -0.3 is 10.6 Å². The first-order valence-corrected chi connectivity index (χ1v) is 11.9. The average Bonchev–Trinajstić information content (AvgIpc) is 3.03. The summed E-state index contributed by atoms with van der Waals surface area (Å²) in [5, 5.41) is 6.29. The number of amides is 1. The third kappa shape index (κ3) is 3.60. The van der Waals surface area contributed by atoms with Crippen molar-refractivity contribution in [2.45, 2.75) is 71.3 Å². The molecular formula is C24H39N3O3. The van der Waals surface area contributed by atoms with Crippen molar-refractivity contribution in [3.63, 3.8) is 0 Å². The molecule has 0 bridgehead atoms. The van der Waals surface area contributed by atoms with Gasteiger partial charge in [0.2, 0.25) is 6.41 Å². The van der Waals surface area contributed by atoms with Crippen LogP contribution in [-0.2, 0) is 14.4 Å². The van der Waals surface area contributed by atoms with Gasteiger partial charge in [-0.25, -0.2) is 0 Å². The summed E-state index contributed by atoms with van der Waals surface area (Å²) in [4.78, 5) is 29.8. The second-order valence-electron chi connectivity index (χ2n) is 10.6. The van der Waals surface area contributed by atoms with Crippen molar-refractivity contribution >= 4 is 12.2 Å². The van der Waals surface area contributed by atoms with Crippen molar-refractivity contribution in [1.82, 2.24) is 16.1 Å². The zero-order chi connectivity index (χ0) is 21.4. The molecule has 6 nitrogen and oxygen atoms in total. The van der Waals surface area contributed by atoms with E-state index in [2.05, 4.69) is 36.0 Å². The predicted octanol–water partition coefficient (Wildman–Crippen LogP) is 2.95. The van der Waals surface area contributed by atoms with Crippen LogP contribution in [0.4, 0.5) is 0 Å². The lowest BCUT2D eigenvalue weighted by Crippen LogP contribution is -2.59. The van der Waals surface area contributed by atoms with E-state index in [0.29, 0.717) is 36.1 Å². The lowest BCUT2D eigenvalue weighted by Gasteiger charge is -2.60. The van der Waals surface area contributed by atoms with E-state index in [4.69, 9.17) is 4.84 Å². The number of fused-ring (bicyclic) bond motifs is 5. The molecule has 4 aliphatic carbocycles. The van der Waals surface area contributed by atoms with Crippen LogP contribution in [0.15, 0.2) is 11.8 Å². The summed E-state index contributed by atoms with van der Waals surface area (Å²) in [5.74, 6) is 2.43. The maximum Gasteiger partial charge on any atom is 0.207 e. The van der Waals surface area contributed by atoms with Gasteiger partial charge in [0, 0.05) is 29.5 Å². The molecule has 0 saturated heterocycles. The van der Waals surface area contributed by atoms with Crippen molar-refractivity contribution in [2.75, 3.05) is 20.2 Å². The number of hydrogen-bond donors (Lipinski definition) is 3. The van der Waals surface area contributed by atoms with E-state index in [-0.39, 0.29) is 16.9 Å². The third-order valence-electron chi connectivity index (χ3n) is 9.19. The van der Waals surface area contributed by atoms with E-state index in [1.807, 2.05) is 7.05 Å². The molecule has 7 atom stereocenters. The van der Waals surface area contributed by atoms with Crippen LogP contribution >= 0.6 is 0 Å². The Morgan fingerprint density at radius 1 is 1.20 bits per heavy atom. The number of nitrogens with one attached hydrogen (secondary N) is 3. The Kier molecular flexibility index (Phi) is 6.27. The molecule has 6 heteroatoms. The van der Waals surface area contributed by atoms with Gasteiger partial charge in [-0.05, 0) is 81.7 Å². The second-order valence-corrected chi connectivity index (χ2v) is 10.6. The molecule has 0 aromatic carbocycles. The highest BCUT2D eigenvalue weighted by atomic mass is 16.6. The van der Waals surface area contributed by atoms with E-state index >= 15 is 0 Å². The predicted molar refractivity (Wildman–Crippen MR) is 116 cm³/mol. The number of hydrogen-bond acceptors (Lipinski definition) is 5. The van der Waals surface area contributed by atoms with Gasteiger partial charge in [-0.15, -0.1) is 0 Å². The van der Waals surface area contributed by atoms with Crippen LogP contribution in [0.1, 0.15) is 65.2 Å². The summed E-state index contributed by atoms with van der Waals surface area (Å²) in [6.45, 7) is 6.27. The molecule has 30 heavy (non-hydrogen) atoms. The fourth-order valence-corrected chi connectivity index (χ4v) is 7.52. The van der Waals surface area contributed by atoms with Crippen molar-refractivity contribution in [1.29, 1.82) is 0 Å². The second kappa shape index (κ2) is 8.62. The van der Waals surface area contributed by atoms with Gasteiger partial charge >= 0.3 is 0 Å². The van der Waals surface area contributed by atoms with Crippen molar-refractivity contribution < 1.29 is 14.4 Å². The van der Waals surface area contributed by atoms with Crippen LogP contribution < -0.4 is 16.1 Å². The lowest BCUT2D eigenvalue weighted by molar-refractivity contribution is -0.138. The van der Waals surface area contributed by atoms with Crippen molar-refractivity contribution in [2.24, 2.45) is 34.5 Å². The highest BCUT2D eigenvalue weighted by Gasteiger charge is 2.61. The first-order chi connectivity index (χ1) is 14.4. The summed E-state index contributed by atoms with van der Waals surface area (Å²) < 4.78 is 0. The maximum atomic E-state index is 12.7. The summed E-state index contributed by atoms with van der Waals surface area (Å²) in [5.41, 5.74) is 4.36. The number of carbonyl (C=O) groups excluding carboxylic acids is 2. The highest BCUT2D eigenvalue weighted by molar-refractivity contribution is 5.87. The van der Waals surface area contributed by atoms with Gasteiger partial charge in [-0.2, -0.15) is 0 Å². The fourth-order valence-electron chi connectivity index (χ4n) is 7.52. The largest absolute Gasteiger partial charge is 0.355 e. The molecule has 3 fully saturated rings. The molecule has 4 rings (SSSR count). The van der Waals surface area contributed by atoms with Crippen LogP contribution in [0.2, 0.25) is 0 Å². The van der Waals surface area contributed by atoms with Gasteiger partial charge in [0.1, 0.15) is 5.78 Å². The highest BCUT2D eigenvalue weighted by Crippen LogP contribution is 2.64. The number of ketones is 1. The Labute approximate surface area is 180 Å². The molecule has 3 saturated carbocycles. The number of carbonyl (C=O) groups is 2. The summed E-state index contributed by atoms with van der Waals surface area (Å²) in [6, 6.07) is 0.133. The molecule has 1 amide bonds. The molecule has 168 valence electrons. The first kappa shape index (κ1) is 21.8. The SMILES string of the molecule is CNCCCONC1=CC2C(NC=O)C[C@@H]3[C@@H](CC[C@]4(C)C(=O)CC[C@@H]34)[C@@]2(C)CC1. The molecule has 0 heterocycles. The Morgan fingerprint density at radius 2 is 2.03 bits per heavy atom. The van der Waals surface area contributed by atoms with E-state index in [0.717, 1.165) is 70.0 Å². The zero-order valence-corrected chi connectivity index (χ0v) is 18.8. The molecular weight excluding hydrogens is 378 g/mol. The van der Waals surface area contributed by atoms with E-state index in [1.54, 1.807) is 0 Å². The van der Waals surface area contributed by atoms with Crippen LogP contribution in [0.3, 0.4) is 0 Å². The van der Waals surface area contributed by atoms with Gasteiger partial charge in [0.05, 0.1) is 6.61 Å². The Bertz CT molecular complexity index is 695. The first-order valence-electron chi connectivity index (χ1n) is 11.9. The molecule has 0 radical (unpaired) electrons. The Balaban J connectivity index is 1.53. The van der Waals surface area contributed by atoms with E-state index in [9.17, 15) is 9.59 Å². The standard InChI is InChI=1S/C24H39N3O3/c1-23-9-7-16(27-30-12-4-11-25-3)13-20(23)21(26-15-28)14-17-18-5-6-22(29)24(18,2)10-8-19(17)23/h13,15,17-21,25,27H,4-12,14H2,1-3H3,(H,26,28)/t17-,18-,19+,20?,21?,23+,24-/m0/s1. The lowest BCUT2D eigenvalue weighted by atomic mass is 9.45. The summed E-state index contributed by atoms with van der Waals surface area (Å²) in [6.07, 6.45) is 11.2. The van der Waals surface area contributed by atoms with Crippen LogP contribution in [-0.4, -0.2) is 38.4 Å². The number of rotatable bonds is 8. The fraction of sp³-hybridized carbons (Fsp3) is 0.833. The van der Waals surface area contributed by atoms with Crippen molar-refractivity contribution in [3.8, 4) is 0 Å². The van der Waals surface area contributed by atoms with Crippen LogP contribution in [0.25, 0.3) is 0 Å². The molecule has 0 spiro atoms. The number of allylic oxidation sites excluding steroid dienone is 1. The molecule has 4 aliphatic rings. The van der Waals surface area contributed by atoms with Gasteiger partial charge in [-0.3, -0.25) is 19.9 Å². The van der Waals surface area contributed by atoms with Gasteiger partial charge in [0.15, 0.2) is 0 Å². The Hall–Kier alpha value is -1.40. The monoisotopic (exact) mass is 417 g/mol. The van der Waals surface area contributed by atoms with E-state index in [1.165, 1.54) is 0 Å². The third-order valence-corrected chi connectivity index (χ3v) is 9.19. The topological polar surface area (TPSA) is 79.5 Å². The van der Waals surface area contributed by atoms with Crippen LogP contribution in [0, 0.1) is 34.5 Å². The van der Waals surface area contributed by atoms with Gasteiger partial charge in [0.25, 0.3) is 0 Å². The minimum atomic E-state index is -0.130.